The molecule has 1 aromatic carbocycles. The van der Waals surface area contributed by atoms with Crippen LogP contribution in [0.2, 0.25) is 0 Å². The van der Waals surface area contributed by atoms with Crippen molar-refractivity contribution >= 4 is 5.91 Å². The molecule has 1 amide bonds. The van der Waals surface area contributed by atoms with Crippen molar-refractivity contribution in [1.29, 1.82) is 0 Å². The second-order valence-corrected chi connectivity index (χ2v) is 5.32. The molecule has 0 radical (unpaired) electrons. The van der Waals surface area contributed by atoms with Crippen LogP contribution in [0.3, 0.4) is 0 Å². The Bertz CT molecular complexity index is 325. The summed E-state index contributed by atoms with van der Waals surface area (Å²) >= 11 is 0. The molecule has 0 unspecified atom stereocenters. The molecule has 0 spiro atoms. The van der Waals surface area contributed by atoms with E-state index in [-0.39, 0.29) is 18.7 Å². The van der Waals surface area contributed by atoms with Crippen LogP contribution in [0.5, 0.6) is 0 Å². The zero-order valence-electron chi connectivity index (χ0n) is 10.4. The third-order valence-electron chi connectivity index (χ3n) is 2.27. The zero-order valence-corrected chi connectivity index (χ0v) is 10.4. The first-order valence-electron chi connectivity index (χ1n) is 5.78. The number of nitrogens with one attached hydrogen (secondary N) is 1. The summed E-state index contributed by atoms with van der Waals surface area (Å²) in [6.07, 6.45) is 1.48. The largest absolute Gasteiger partial charge is 0.356 e. The van der Waals surface area contributed by atoms with Gasteiger partial charge in [-0.3, -0.25) is 4.79 Å². The molecule has 0 aliphatic rings. The quantitative estimate of drug-likeness (QED) is 0.851. The Labute approximate surface area is 105 Å². The Morgan fingerprint density at radius 1 is 1.18 bits per heavy atom. The molecule has 0 atom stereocenters. The molecular formula is C15H25NO. The highest BCUT2D eigenvalue weighted by Crippen LogP contribution is 2.17. The van der Waals surface area contributed by atoms with Crippen molar-refractivity contribution in [2.24, 2.45) is 5.41 Å². The Kier molecular flexibility index (Phi) is 6.55. The van der Waals surface area contributed by atoms with E-state index in [0.717, 1.165) is 13.0 Å². The average molecular weight is 235 g/mol. The minimum Gasteiger partial charge on any atom is -0.356 e. The normalized spacial score (nSPS) is 10.5. The van der Waals surface area contributed by atoms with Gasteiger partial charge in [0, 0.05) is 13.0 Å². The number of amides is 1. The number of carbonyl (C=O) groups excluding carboxylic acids is 1. The van der Waals surface area contributed by atoms with Crippen LogP contribution in [0, 0.1) is 5.41 Å². The van der Waals surface area contributed by atoms with Crippen LogP contribution in [0.4, 0.5) is 0 Å². The third-order valence-corrected chi connectivity index (χ3v) is 2.27. The summed E-state index contributed by atoms with van der Waals surface area (Å²) in [6.45, 7) is 6.94. The van der Waals surface area contributed by atoms with Gasteiger partial charge in [0.1, 0.15) is 0 Å². The Morgan fingerprint density at radius 2 is 1.76 bits per heavy atom. The van der Waals surface area contributed by atoms with Crippen molar-refractivity contribution in [3.05, 3.63) is 35.9 Å². The molecule has 1 rings (SSSR count). The summed E-state index contributed by atoms with van der Waals surface area (Å²) < 4.78 is 0. The summed E-state index contributed by atoms with van der Waals surface area (Å²) in [6, 6.07) is 10.2. The van der Waals surface area contributed by atoms with Crippen LogP contribution in [0.25, 0.3) is 0 Å². The van der Waals surface area contributed by atoms with Crippen molar-refractivity contribution in [3.63, 3.8) is 0 Å². The minimum atomic E-state index is 0. The standard InChI is InChI=1S/C14H21NO.CH4/c1-14(2,3)11-13(16)15-10-9-12-7-5-4-6-8-12;/h4-8H,9-11H2,1-3H3,(H,15,16);1H4. The van der Waals surface area contributed by atoms with Crippen molar-refractivity contribution in [1.82, 2.24) is 5.32 Å². The van der Waals surface area contributed by atoms with Crippen molar-refractivity contribution in [3.8, 4) is 0 Å². The van der Waals surface area contributed by atoms with E-state index < -0.39 is 0 Å². The fourth-order valence-corrected chi connectivity index (χ4v) is 1.54. The van der Waals surface area contributed by atoms with Gasteiger partial charge in [0.05, 0.1) is 0 Å². The first-order valence-corrected chi connectivity index (χ1v) is 5.78. The van der Waals surface area contributed by atoms with Gasteiger partial charge >= 0.3 is 0 Å². The maximum absolute atomic E-state index is 11.5. The lowest BCUT2D eigenvalue weighted by atomic mass is 9.92. The highest BCUT2D eigenvalue weighted by Gasteiger charge is 2.15. The number of hydrogen-bond acceptors (Lipinski definition) is 1. The van der Waals surface area contributed by atoms with Gasteiger partial charge in [-0.05, 0) is 17.4 Å². The average Bonchev–Trinajstić information content (AvgIpc) is 2.16. The van der Waals surface area contributed by atoms with Gasteiger partial charge in [-0.15, -0.1) is 0 Å². The lowest BCUT2D eigenvalue weighted by Crippen LogP contribution is -2.29. The van der Waals surface area contributed by atoms with Gasteiger partial charge in [-0.1, -0.05) is 58.5 Å². The topological polar surface area (TPSA) is 29.1 Å². The van der Waals surface area contributed by atoms with E-state index in [4.69, 9.17) is 0 Å². The molecule has 0 bridgehead atoms. The maximum Gasteiger partial charge on any atom is 0.220 e. The molecule has 0 aliphatic carbocycles. The Hall–Kier alpha value is -1.31. The molecule has 0 fully saturated rings. The Balaban J connectivity index is 0.00000256. The first kappa shape index (κ1) is 15.7. The van der Waals surface area contributed by atoms with Crippen LogP contribution in [-0.4, -0.2) is 12.5 Å². The SMILES string of the molecule is C.CC(C)(C)CC(=O)NCCc1ccccc1. The predicted molar refractivity (Wildman–Crippen MR) is 74.0 cm³/mol. The molecule has 1 aromatic rings. The van der Waals surface area contributed by atoms with Gasteiger partial charge < -0.3 is 5.32 Å². The molecule has 0 saturated carbocycles. The summed E-state index contributed by atoms with van der Waals surface area (Å²) in [7, 11) is 0. The summed E-state index contributed by atoms with van der Waals surface area (Å²) in [5.41, 5.74) is 1.33. The molecule has 0 heterocycles. The second-order valence-electron chi connectivity index (χ2n) is 5.32. The molecule has 96 valence electrons. The molecule has 17 heavy (non-hydrogen) atoms. The van der Waals surface area contributed by atoms with E-state index in [9.17, 15) is 4.79 Å². The number of hydrogen-bond donors (Lipinski definition) is 1. The number of rotatable bonds is 4. The van der Waals surface area contributed by atoms with Crippen molar-refractivity contribution < 1.29 is 4.79 Å². The van der Waals surface area contributed by atoms with Crippen molar-refractivity contribution in [2.75, 3.05) is 6.54 Å². The van der Waals surface area contributed by atoms with Crippen LogP contribution in [0.1, 0.15) is 40.2 Å². The smallest absolute Gasteiger partial charge is 0.220 e. The lowest BCUT2D eigenvalue weighted by molar-refractivity contribution is -0.122. The molecule has 1 N–H and O–H groups in total. The van der Waals surface area contributed by atoms with Gasteiger partial charge in [0.15, 0.2) is 0 Å². The van der Waals surface area contributed by atoms with Crippen LogP contribution < -0.4 is 5.32 Å². The highest BCUT2D eigenvalue weighted by atomic mass is 16.1. The van der Waals surface area contributed by atoms with Gasteiger partial charge in [-0.2, -0.15) is 0 Å². The molecule has 2 heteroatoms. The monoisotopic (exact) mass is 235 g/mol. The van der Waals surface area contributed by atoms with E-state index >= 15 is 0 Å². The summed E-state index contributed by atoms with van der Waals surface area (Å²) in [5, 5.41) is 2.95. The molecule has 0 aliphatic heterocycles. The fourth-order valence-electron chi connectivity index (χ4n) is 1.54. The van der Waals surface area contributed by atoms with Gasteiger partial charge in [0.2, 0.25) is 5.91 Å². The van der Waals surface area contributed by atoms with Crippen LogP contribution in [0.15, 0.2) is 30.3 Å². The van der Waals surface area contributed by atoms with E-state index in [1.807, 2.05) is 18.2 Å². The lowest BCUT2D eigenvalue weighted by Gasteiger charge is -2.17. The molecule has 0 aromatic heterocycles. The Morgan fingerprint density at radius 3 is 2.29 bits per heavy atom. The fraction of sp³-hybridized carbons (Fsp3) is 0.533. The van der Waals surface area contributed by atoms with Crippen molar-refractivity contribution in [2.45, 2.75) is 41.0 Å². The van der Waals surface area contributed by atoms with Crippen LogP contribution in [-0.2, 0) is 11.2 Å². The van der Waals surface area contributed by atoms with E-state index in [0.29, 0.717) is 6.42 Å². The number of benzene rings is 1. The summed E-state index contributed by atoms with van der Waals surface area (Å²) in [5.74, 6) is 0.142. The highest BCUT2D eigenvalue weighted by molar-refractivity contribution is 5.76. The molecule has 2 nitrogen and oxygen atoms in total. The van der Waals surface area contributed by atoms with E-state index in [2.05, 4.69) is 38.2 Å². The van der Waals surface area contributed by atoms with Gasteiger partial charge in [-0.25, -0.2) is 0 Å². The van der Waals surface area contributed by atoms with E-state index in [1.165, 1.54) is 5.56 Å². The first-order chi connectivity index (χ1) is 7.47. The van der Waals surface area contributed by atoms with Crippen LogP contribution >= 0.6 is 0 Å². The maximum atomic E-state index is 11.5. The predicted octanol–water partition coefficient (Wildman–Crippen LogP) is 3.42. The second kappa shape index (κ2) is 7.10. The van der Waals surface area contributed by atoms with E-state index in [1.54, 1.807) is 0 Å². The molecule has 0 saturated heterocycles. The molecular weight excluding hydrogens is 210 g/mol. The third kappa shape index (κ3) is 7.56. The zero-order chi connectivity index (χ0) is 12.0. The van der Waals surface area contributed by atoms with Gasteiger partial charge in [0.25, 0.3) is 0 Å². The number of carbonyl (C=O) groups is 1. The summed E-state index contributed by atoms with van der Waals surface area (Å²) in [4.78, 5) is 11.5. The minimum absolute atomic E-state index is 0.